The van der Waals surface area contributed by atoms with E-state index in [1.54, 1.807) is 6.07 Å². The van der Waals surface area contributed by atoms with Crippen molar-refractivity contribution in [2.45, 2.75) is 0 Å². The van der Waals surface area contributed by atoms with Gasteiger partial charge in [-0.15, -0.1) is 0 Å². The lowest BCUT2D eigenvalue weighted by atomic mass is 10.1. The first-order valence-corrected chi connectivity index (χ1v) is 4.91. The van der Waals surface area contributed by atoms with Crippen LogP contribution in [0, 0.1) is 11.3 Å². The van der Waals surface area contributed by atoms with Gasteiger partial charge in [0.1, 0.15) is 11.7 Å². The molecule has 0 unspecified atom stereocenters. The zero-order valence-corrected chi connectivity index (χ0v) is 8.40. The van der Waals surface area contributed by atoms with Crippen LogP contribution < -0.4 is 5.73 Å². The molecule has 3 aromatic rings. The molecular weight excluding hydrogens is 200 g/mol. The Labute approximate surface area is 91.7 Å². The predicted octanol–water partition coefficient (Wildman–Crippen LogP) is 3.04. The highest BCUT2D eigenvalue weighted by Crippen LogP contribution is 2.33. The molecule has 0 saturated heterocycles. The minimum Gasteiger partial charge on any atom is -0.454 e. The van der Waals surface area contributed by atoms with Crippen molar-refractivity contribution in [1.29, 1.82) is 5.26 Å². The molecule has 3 nitrogen and oxygen atoms in total. The first-order chi connectivity index (χ1) is 7.81. The molecule has 0 radical (unpaired) electrons. The Morgan fingerprint density at radius 3 is 2.69 bits per heavy atom. The van der Waals surface area contributed by atoms with Crippen LogP contribution in [-0.2, 0) is 0 Å². The van der Waals surface area contributed by atoms with Crippen molar-refractivity contribution in [2.24, 2.45) is 0 Å². The second-order valence-corrected chi connectivity index (χ2v) is 3.61. The van der Waals surface area contributed by atoms with Crippen molar-refractivity contribution in [2.75, 3.05) is 5.73 Å². The van der Waals surface area contributed by atoms with Gasteiger partial charge in [0.2, 0.25) is 0 Å². The summed E-state index contributed by atoms with van der Waals surface area (Å²) in [6.07, 6.45) is 0. The Morgan fingerprint density at radius 1 is 1.06 bits per heavy atom. The molecule has 0 aliphatic heterocycles. The SMILES string of the molecule is N#Cc1ccc2c(oc3ccccc32)c1N. The fraction of sp³-hybridized carbons (Fsp3) is 0. The number of rotatable bonds is 0. The fourth-order valence-electron chi connectivity index (χ4n) is 1.91. The van der Waals surface area contributed by atoms with Crippen LogP contribution in [0.3, 0.4) is 0 Å². The number of anilines is 1. The van der Waals surface area contributed by atoms with Gasteiger partial charge in [-0.05, 0) is 18.2 Å². The first kappa shape index (κ1) is 8.81. The molecule has 1 aromatic heterocycles. The number of fused-ring (bicyclic) bond motifs is 3. The number of nitriles is 1. The van der Waals surface area contributed by atoms with E-state index in [9.17, 15) is 0 Å². The minimum absolute atomic E-state index is 0.413. The predicted molar refractivity (Wildman–Crippen MR) is 62.8 cm³/mol. The van der Waals surface area contributed by atoms with E-state index < -0.39 is 0 Å². The Hall–Kier alpha value is -2.47. The molecule has 16 heavy (non-hydrogen) atoms. The van der Waals surface area contributed by atoms with E-state index in [1.807, 2.05) is 36.4 Å². The zero-order chi connectivity index (χ0) is 11.1. The summed E-state index contributed by atoms with van der Waals surface area (Å²) in [7, 11) is 0. The average Bonchev–Trinajstić information content (AvgIpc) is 2.69. The third-order valence-electron chi connectivity index (χ3n) is 2.71. The summed E-state index contributed by atoms with van der Waals surface area (Å²) in [5, 5.41) is 10.9. The third-order valence-corrected chi connectivity index (χ3v) is 2.71. The van der Waals surface area contributed by atoms with Crippen molar-refractivity contribution < 1.29 is 4.42 Å². The second kappa shape index (κ2) is 3.01. The highest BCUT2D eigenvalue weighted by molar-refractivity contribution is 6.09. The van der Waals surface area contributed by atoms with Crippen LogP contribution in [0.25, 0.3) is 21.9 Å². The summed E-state index contributed by atoms with van der Waals surface area (Å²) < 4.78 is 5.65. The maximum absolute atomic E-state index is 8.88. The number of nitrogens with zero attached hydrogens (tertiary/aromatic N) is 1. The van der Waals surface area contributed by atoms with E-state index in [2.05, 4.69) is 0 Å². The molecule has 0 aliphatic rings. The Kier molecular flexibility index (Phi) is 1.66. The molecule has 2 aromatic carbocycles. The molecule has 0 aliphatic carbocycles. The largest absolute Gasteiger partial charge is 0.454 e. The number of nitrogen functional groups attached to an aromatic ring is 1. The maximum atomic E-state index is 8.88. The van der Waals surface area contributed by atoms with E-state index in [0.29, 0.717) is 16.8 Å². The lowest BCUT2D eigenvalue weighted by Gasteiger charge is -1.96. The lowest BCUT2D eigenvalue weighted by molar-refractivity contribution is 0.670. The molecule has 0 bridgehead atoms. The number of para-hydroxylation sites is 1. The number of hydrogen-bond acceptors (Lipinski definition) is 3. The van der Waals surface area contributed by atoms with Gasteiger partial charge in [-0.1, -0.05) is 18.2 Å². The molecular formula is C13H8N2O. The van der Waals surface area contributed by atoms with Gasteiger partial charge < -0.3 is 10.2 Å². The number of furan rings is 1. The molecule has 0 fully saturated rings. The van der Waals surface area contributed by atoms with Crippen molar-refractivity contribution in [3.8, 4) is 6.07 Å². The van der Waals surface area contributed by atoms with Gasteiger partial charge in [0.15, 0.2) is 5.58 Å². The first-order valence-electron chi connectivity index (χ1n) is 4.91. The van der Waals surface area contributed by atoms with E-state index >= 15 is 0 Å². The van der Waals surface area contributed by atoms with Crippen LogP contribution in [0.1, 0.15) is 5.56 Å². The summed E-state index contributed by atoms with van der Waals surface area (Å²) in [4.78, 5) is 0. The van der Waals surface area contributed by atoms with Crippen LogP contribution in [0.5, 0.6) is 0 Å². The minimum atomic E-state index is 0.413. The van der Waals surface area contributed by atoms with E-state index in [1.165, 1.54) is 0 Å². The number of nitrogens with two attached hydrogens (primary N) is 1. The maximum Gasteiger partial charge on any atom is 0.159 e. The van der Waals surface area contributed by atoms with Gasteiger partial charge in [-0.3, -0.25) is 0 Å². The molecule has 1 heterocycles. The van der Waals surface area contributed by atoms with Gasteiger partial charge in [0.05, 0.1) is 11.3 Å². The highest BCUT2D eigenvalue weighted by atomic mass is 16.3. The molecule has 0 spiro atoms. The number of benzene rings is 2. The van der Waals surface area contributed by atoms with E-state index in [4.69, 9.17) is 15.4 Å². The van der Waals surface area contributed by atoms with E-state index in [0.717, 1.165) is 16.4 Å². The van der Waals surface area contributed by atoms with Gasteiger partial charge >= 0.3 is 0 Å². The zero-order valence-electron chi connectivity index (χ0n) is 8.40. The van der Waals surface area contributed by atoms with Crippen molar-refractivity contribution >= 4 is 27.6 Å². The van der Waals surface area contributed by atoms with Crippen LogP contribution in [0.4, 0.5) is 5.69 Å². The van der Waals surface area contributed by atoms with Crippen LogP contribution in [-0.4, -0.2) is 0 Å². The van der Waals surface area contributed by atoms with Crippen molar-refractivity contribution in [3.05, 3.63) is 42.0 Å². The van der Waals surface area contributed by atoms with Gasteiger partial charge in [0.25, 0.3) is 0 Å². The normalized spacial score (nSPS) is 10.7. The molecule has 0 atom stereocenters. The Bertz CT molecular complexity index is 735. The van der Waals surface area contributed by atoms with Crippen molar-refractivity contribution in [3.63, 3.8) is 0 Å². The molecule has 0 amide bonds. The second-order valence-electron chi connectivity index (χ2n) is 3.61. The summed E-state index contributed by atoms with van der Waals surface area (Å²) in [5.41, 5.74) is 8.13. The molecule has 2 N–H and O–H groups in total. The standard InChI is InChI=1S/C13H8N2O/c14-7-8-5-6-10-9-3-1-2-4-11(9)16-13(10)12(8)15/h1-6H,15H2. The quantitative estimate of drug-likeness (QED) is 0.577. The topological polar surface area (TPSA) is 63.0 Å². The highest BCUT2D eigenvalue weighted by Gasteiger charge is 2.11. The van der Waals surface area contributed by atoms with E-state index in [-0.39, 0.29) is 0 Å². The van der Waals surface area contributed by atoms with Gasteiger partial charge in [-0.2, -0.15) is 5.26 Å². The summed E-state index contributed by atoms with van der Waals surface area (Å²) in [6, 6.07) is 13.4. The van der Waals surface area contributed by atoms with Crippen molar-refractivity contribution in [1.82, 2.24) is 0 Å². The Balaban J connectivity index is 2.56. The average molecular weight is 208 g/mol. The monoisotopic (exact) mass is 208 g/mol. The molecule has 3 heteroatoms. The molecule has 76 valence electrons. The van der Waals surface area contributed by atoms with Crippen LogP contribution in [0.2, 0.25) is 0 Å². The fourth-order valence-corrected chi connectivity index (χ4v) is 1.91. The van der Waals surface area contributed by atoms with Crippen LogP contribution >= 0.6 is 0 Å². The molecule has 3 rings (SSSR count). The summed E-state index contributed by atoms with van der Waals surface area (Å²) in [5.74, 6) is 0. The van der Waals surface area contributed by atoms with Gasteiger partial charge in [-0.25, -0.2) is 0 Å². The van der Waals surface area contributed by atoms with Gasteiger partial charge in [0, 0.05) is 10.8 Å². The number of hydrogen-bond donors (Lipinski definition) is 1. The smallest absolute Gasteiger partial charge is 0.159 e. The summed E-state index contributed by atoms with van der Waals surface area (Å²) in [6.45, 7) is 0. The third kappa shape index (κ3) is 1.01. The Morgan fingerprint density at radius 2 is 1.88 bits per heavy atom. The lowest BCUT2D eigenvalue weighted by Crippen LogP contribution is -1.89. The summed E-state index contributed by atoms with van der Waals surface area (Å²) >= 11 is 0. The van der Waals surface area contributed by atoms with Crippen LogP contribution in [0.15, 0.2) is 40.8 Å². The molecule has 0 saturated carbocycles.